The summed E-state index contributed by atoms with van der Waals surface area (Å²) >= 11 is 0. The fraction of sp³-hybridized carbons (Fsp3) is 0. The van der Waals surface area contributed by atoms with Gasteiger partial charge in [0.15, 0.2) is 0 Å². The van der Waals surface area contributed by atoms with Crippen LogP contribution in [-0.4, -0.2) is 12.6 Å². The number of allylic oxidation sites excluding steroid dienone is 3. The van der Waals surface area contributed by atoms with E-state index in [9.17, 15) is 9.59 Å². The molecule has 0 aliphatic heterocycles. The first kappa shape index (κ1) is 10.1. The molecule has 0 aliphatic rings. The molecular weight excluding hydrogens is 176 g/mol. The van der Waals surface area contributed by atoms with Crippen LogP contribution in [0.1, 0.15) is 5.56 Å². The van der Waals surface area contributed by atoms with Crippen molar-refractivity contribution in [3.05, 3.63) is 53.6 Å². The first-order valence-electron chi connectivity index (χ1n) is 4.20. The maximum Gasteiger partial charge on any atom is 0.150 e. The molecule has 0 spiro atoms. The van der Waals surface area contributed by atoms with E-state index in [1.54, 1.807) is 12.2 Å². The third-order valence-corrected chi connectivity index (χ3v) is 1.66. The Morgan fingerprint density at radius 3 is 2.36 bits per heavy atom. The molecule has 0 unspecified atom stereocenters. The number of hydrogen-bond acceptors (Lipinski definition) is 2. The molecule has 0 saturated carbocycles. The number of benzene rings is 1. The summed E-state index contributed by atoms with van der Waals surface area (Å²) in [6.45, 7) is 0. The Balaban J connectivity index is 2.77. The van der Waals surface area contributed by atoms with Gasteiger partial charge in [-0.05, 0) is 11.6 Å². The average molecular weight is 186 g/mol. The van der Waals surface area contributed by atoms with Crippen LogP contribution in [0, 0.1) is 0 Å². The van der Waals surface area contributed by atoms with Crippen molar-refractivity contribution in [1.29, 1.82) is 0 Å². The largest absolute Gasteiger partial charge is 0.299 e. The van der Waals surface area contributed by atoms with Gasteiger partial charge in [0.1, 0.15) is 12.6 Å². The standard InChI is InChI=1S/C12H10O2/c13-9-8-12(10-14)7-6-11-4-2-1-3-5-11/h1-10H/b7-6+,12-8+. The van der Waals surface area contributed by atoms with E-state index in [1.165, 1.54) is 6.08 Å². The molecule has 0 bridgehead atoms. The predicted octanol–water partition coefficient (Wildman–Crippen LogP) is 2.02. The van der Waals surface area contributed by atoms with Gasteiger partial charge in [-0.2, -0.15) is 0 Å². The topological polar surface area (TPSA) is 34.1 Å². The number of hydrogen-bond donors (Lipinski definition) is 0. The van der Waals surface area contributed by atoms with E-state index >= 15 is 0 Å². The third-order valence-electron chi connectivity index (χ3n) is 1.66. The Morgan fingerprint density at radius 2 is 1.79 bits per heavy atom. The van der Waals surface area contributed by atoms with Crippen molar-refractivity contribution in [2.45, 2.75) is 0 Å². The quantitative estimate of drug-likeness (QED) is 0.409. The van der Waals surface area contributed by atoms with Crippen LogP contribution in [0.25, 0.3) is 6.08 Å². The van der Waals surface area contributed by atoms with Crippen LogP contribution in [0.4, 0.5) is 0 Å². The number of aldehydes is 2. The molecule has 2 nitrogen and oxygen atoms in total. The van der Waals surface area contributed by atoms with Crippen LogP contribution in [0.15, 0.2) is 48.1 Å². The van der Waals surface area contributed by atoms with Gasteiger partial charge in [-0.15, -0.1) is 0 Å². The van der Waals surface area contributed by atoms with Crippen molar-refractivity contribution in [3.8, 4) is 0 Å². The molecule has 0 atom stereocenters. The number of rotatable bonds is 4. The van der Waals surface area contributed by atoms with Gasteiger partial charge in [-0.3, -0.25) is 9.59 Å². The zero-order chi connectivity index (χ0) is 10.2. The van der Waals surface area contributed by atoms with Crippen molar-refractivity contribution >= 4 is 18.6 Å². The number of carbonyl (C=O) groups is 2. The lowest BCUT2D eigenvalue weighted by Gasteiger charge is -1.90. The summed E-state index contributed by atoms with van der Waals surface area (Å²) in [6.07, 6.45) is 5.86. The molecule has 1 aromatic rings. The van der Waals surface area contributed by atoms with Gasteiger partial charge in [-0.1, -0.05) is 42.5 Å². The molecule has 1 aromatic carbocycles. The van der Waals surface area contributed by atoms with Crippen LogP contribution in [0.5, 0.6) is 0 Å². The Bertz CT molecular complexity index is 361. The normalized spacial score (nSPS) is 11.6. The minimum absolute atomic E-state index is 0.365. The van der Waals surface area contributed by atoms with Crippen LogP contribution < -0.4 is 0 Å². The molecule has 0 heterocycles. The zero-order valence-electron chi connectivity index (χ0n) is 7.59. The minimum Gasteiger partial charge on any atom is -0.299 e. The van der Waals surface area contributed by atoms with E-state index in [4.69, 9.17) is 0 Å². The highest BCUT2D eigenvalue weighted by Crippen LogP contribution is 2.03. The van der Waals surface area contributed by atoms with Crippen molar-refractivity contribution in [1.82, 2.24) is 0 Å². The first-order valence-corrected chi connectivity index (χ1v) is 4.20. The molecule has 70 valence electrons. The Kier molecular flexibility index (Phi) is 4.08. The third kappa shape index (κ3) is 3.19. The second-order valence-electron chi connectivity index (χ2n) is 2.66. The molecule has 2 heteroatoms. The molecule has 0 saturated heterocycles. The van der Waals surface area contributed by atoms with Gasteiger partial charge in [-0.25, -0.2) is 0 Å². The summed E-state index contributed by atoms with van der Waals surface area (Å²) in [5.74, 6) is 0. The molecule has 1 rings (SSSR count). The highest BCUT2D eigenvalue weighted by atomic mass is 16.1. The summed E-state index contributed by atoms with van der Waals surface area (Å²) in [5.41, 5.74) is 1.36. The van der Waals surface area contributed by atoms with Gasteiger partial charge in [0.05, 0.1) is 0 Å². The fourth-order valence-corrected chi connectivity index (χ4v) is 0.969. The lowest BCUT2D eigenvalue weighted by Crippen LogP contribution is -1.79. The smallest absolute Gasteiger partial charge is 0.150 e. The molecule has 0 aromatic heterocycles. The summed E-state index contributed by atoms with van der Waals surface area (Å²) in [5, 5.41) is 0. The Morgan fingerprint density at radius 1 is 1.07 bits per heavy atom. The summed E-state index contributed by atoms with van der Waals surface area (Å²) < 4.78 is 0. The predicted molar refractivity (Wildman–Crippen MR) is 55.7 cm³/mol. The van der Waals surface area contributed by atoms with E-state index in [0.29, 0.717) is 18.1 Å². The van der Waals surface area contributed by atoms with Gasteiger partial charge in [0, 0.05) is 5.57 Å². The van der Waals surface area contributed by atoms with Gasteiger partial charge < -0.3 is 0 Å². The van der Waals surface area contributed by atoms with E-state index in [0.717, 1.165) is 5.56 Å². The number of carbonyl (C=O) groups excluding carboxylic acids is 2. The molecule has 0 aliphatic carbocycles. The van der Waals surface area contributed by atoms with Crippen LogP contribution >= 0.6 is 0 Å². The molecule has 0 fully saturated rings. The monoisotopic (exact) mass is 186 g/mol. The van der Waals surface area contributed by atoms with E-state index < -0.39 is 0 Å². The van der Waals surface area contributed by atoms with Crippen LogP contribution in [0.3, 0.4) is 0 Å². The highest BCUT2D eigenvalue weighted by molar-refractivity contribution is 5.86. The lowest BCUT2D eigenvalue weighted by molar-refractivity contribution is -0.106. The fourth-order valence-electron chi connectivity index (χ4n) is 0.969. The van der Waals surface area contributed by atoms with Crippen molar-refractivity contribution in [3.63, 3.8) is 0 Å². The van der Waals surface area contributed by atoms with E-state index in [2.05, 4.69) is 0 Å². The van der Waals surface area contributed by atoms with Gasteiger partial charge >= 0.3 is 0 Å². The van der Waals surface area contributed by atoms with Crippen molar-refractivity contribution in [2.24, 2.45) is 0 Å². The first-order chi connectivity index (χ1) is 6.86. The SMILES string of the molecule is O=C/C=C(C=O)\C=C\c1ccccc1. The second-order valence-corrected chi connectivity index (χ2v) is 2.66. The summed E-state index contributed by atoms with van der Waals surface area (Å²) in [4.78, 5) is 20.6. The summed E-state index contributed by atoms with van der Waals surface area (Å²) in [6, 6.07) is 9.56. The Labute approximate surface area is 82.6 Å². The molecule has 0 N–H and O–H groups in total. The zero-order valence-corrected chi connectivity index (χ0v) is 7.59. The molecule has 0 amide bonds. The van der Waals surface area contributed by atoms with E-state index in [1.807, 2.05) is 30.3 Å². The molecule has 14 heavy (non-hydrogen) atoms. The van der Waals surface area contributed by atoms with E-state index in [-0.39, 0.29) is 0 Å². The molecule has 0 radical (unpaired) electrons. The molecular formula is C12H10O2. The highest BCUT2D eigenvalue weighted by Gasteiger charge is 1.87. The average Bonchev–Trinajstić information content (AvgIpc) is 2.25. The minimum atomic E-state index is 0.365. The second kappa shape index (κ2) is 5.65. The summed E-state index contributed by atoms with van der Waals surface area (Å²) in [7, 11) is 0. The van der Waals surface area contributed by atoms with Crippen molar-refractivity contribution in [2.75, 3.05) is 0 Å². The van der Waals surface area contributed by atoms with Gasteiger partial charge in [0.2, 0.25) is 0 Å². The maximum absolute atomic E-state index is 10.4. The lowest BCUT2D eigenvalue weighted by atomic mass is 10.1. The van der Waals surface area contributed by atoms with Gasteiger partial charge in [0.25, 0.3) is 0 Å². The van der Waals surface area contributed by atoms with Crippen LogP contribution in [0.2, 0.25) is 0 Å². The van der Waals surface area contributed by atoms with Crippen LogP contribution in [-0.2, 0) is 9.59 Å². The Hall–Kier alpha value is -1.96. The van der Waals surface area contributed by atoms with Crippen molar-refractivity contribution < 1.29 is 9.59 Å². The maximum atomic E-state index is 10.4.